The van der Waals surface area contributed by atoms with Gasteiger partial charge < -0.3 is 14.8 Å². The minimum atomic E-state index is -0.327. The van der Waals surface area contributed by atoms with E-state index in [0.717, 1.165) is 16.7 Å². The van der Waals surface area contributed by atoms with Gasteiger partial charge in [0, 0.05) is 11.3 Å². The SMILES string of the molecule is CCOc1cc(/C=N/NC(=O)c2ccc(C)cc2)cc(Cl)c1OCC(=O)Nc1ccc(C)c(C)c1. The Balaban J connectivity index is 1.65. The van der Waals surface area contributed by atoms with Crippen molar-refractivity contribution in [3.8, 4) is 11.5 Å². The fourth-order valence-corrected chi connectivity index (χ4v) is 3.43. The summed E-state index contributed by atoms with van der Waals surface area (Å²) in [6, 6.07) is 16.1. The first-order chi connectivity index (χ1) is 16.8. The minimum Gasteiger partial charge on any atom is -0.490 e. The Morgan fingerprint density at radius 2 is 1.71 bits per heavy atom. The van der Waals surface area contributed by atoms with E-state index >= 15 is 0 Å². The van der Waals surface area contributed by atoms with Crippen LogP contribution < -0.4 is 20.2 Å². The summed E-state index contributed by atoms with van der Waals surface area (Å²) < 4.78 is 11.3. The molecular formula is C27H28ClN3O4. The molecule has 8 heteroatoms. The lowest BCUT2D eigenvalue weighted by Gasteiger charge is -2.14. The van der Waals surface area contributed by atoms with E-state index in [1.165, 1.54) is 6.21 Å². The Morgan fingerprint density at radius 1 is 0.971 bits per heavy atom. The number of amides is 2. The van der Waals surface area contributed by atoms with Crippen molar-refractivity contribution in [2.75, 3.05) is 18.5 Å². The van der Waals surface area contributed by atoms with Crippen LogP contribution in [0.5, 0.6) is 11.5 Å². The molecule has 3 rings (SSSR count). The molecule has 0 heterocycles. The molecule has 0 atom stereocenters. The highest BCUT2D eigenvalue weighted by Gasteiger charge is 2.14. The maximum Gasteiger partial charge on any atom is 0.271 e. The maximum absolute atomic E-state index is 12.4. The number of halogens is 1. The van der Waals surface area contributed by atoms with Crippen LogP contribution in [0.2, 0.25) is 5.02 Å². The van der Waals surface area contributed by atoms with Crippen LogP contribution in [-0.4, -0.2) is 31.2 Å². The zero-order chi connectivity index (χ0) is 25.4. The number of nitrogens with one attached hydrogen (secondary N) is 2. The predicted molar refractivity (Wildman–Crippen MR) is 139 cm³/mol. The molecule has 2 amide bonds. The molecule has 0 spiro atoms. The number of benzene rings is 3. The number of carbonyl (C=O) groups is 2. The van der Waals surface area contributed by atoms with Crippen LogP contribution in [0.3, 0.4) is 0 Å². The van der Waals surface area contributed by atoms with E-state index in [2.05, 4.69) is 15.8 Å². The van der Waals surface area contributed by atoms with E-state index in [-0.39, 0.29) is 29.2 Å². The van der Waals surface area contributed by atoms with Crippen molar-refractivity contribution in [3.05, 3.63) is 87.4 Å². The molecule has 2 N–H and O–H groups in total. The van der Waals surface area contributed by atoms with Crippen LogP contribution in [0.1, 0.15) is 39.5 Å². The first kappa shape index (κ1) is 25.8. The highest BCUT2D eigenvalue weighted by molar-refractivity contribution is 6.32. The van der Waals surface area contributed by atoms with Gasteiger partial charge in [-0.1, -0.05) is 35.4 Å². The topological polar surface area (TPSA) is 89.0 Å². The van der Waals surface area contributed by atoms with Crippen molar-refractivity contribution in [1.29, 1.82) is 0 Å². The van der Waals surface area contributed by atoms with Crippen molar-refractivity contribution < 1.29 is 19.1 Å². The molecule has 0 fully saturated rings. The molecule has 35 heavy (non-hydrogen) atoms. The van der Waals surface area contributed by atoms with Gasteiger partial charge in [0.1, 0.15) is 0 Å². The van der Waals surface area contributed by atoms with Gasteiger partial charge in [0.05, 0.1) is 17.8 Å². The van der Waals surface area contributed by atoms with Crippen LogP contribution in [-0.2, 0) is 4.79 Å². The molecule has 0 radical (unpaired) electrons. The summed E-state index contributed by atoms with van der Waals surface area (Å²) in [4.78, 5) is 24.6. The van der Waals surface area contributed by atoms with Crippen molar-refractivity contribution in [2.45, 2.75) is 27.7 Å². The van der Waals surface area contributed by atoms with Gasteiger partial charge in [-0.3, -0.25) is 9.59 Å². The second-order valence-electron chi connectivity index (χ2n) is 7.96. The first-order valence-electron chi connectivity index (χ1n) is 11.1. The van der Waals surface area contributed by atoms with Crippen molar-refractivity contribution in [2.24, 2.45) is 5.10 Å². The van der Waals surface area contributed by atoms with Gasteiger partial charge in [-0.2, -0.15) is 5.10 Å². The van der Waals surface area contributed by atoms with Gasteiger partial charge >= 0.3 is 0 Å². The van der Waals surface area contributed by atoms with Gasteiger partial charge in [0.25, 0.3) is 11.8 Å². The van der Waals surface area contributed by atoms with Crippen LogP contribution in [0.15, 0.2) is 59.7 Å². The molecular weight excluding hydrogens is 466 g/mol. The van der Waals surface area contributed by atoms with E-state index in [0.29, 0.717) is 29.2 Å². The van der Waals surface area contributed by atoms with Crippen molar-refractivity contribution in [1.82, 2.24) is 5.43 Å². The second kappa shape index (κ2) is 12.0. The maximum atomic E-state index is 12.4. The van der Waals surface area contributed by atoms with Gasteiger partial charge in [-0.25, -0.2) is 5.43 Å². The predicted octanol–water partition coefficient (Wildman–Crippen LogP) is 5.45. The van der Waals surface area contributed by atoms with Crippen LogP contribution in [0.25, 0.3) is 0 Å². The van der Waals surface area contributed by atoms with Crippen molar-refractivity contribution >= 4 is 35.3 Å². The van der Waals surface area contributed by atoms with Crippen LogP contribution >= 0.6 is 11.6 Å². The molecule has 7 nitrogen and oxygen atoms in total. The third-order valence-electron chi connectivity index (χ3n) is 5.16. The lowest BCUT2D eigenvalue weighted by atomic mass is 10.1. The molecule has 0 aliphatic carbocycles. The Kier molecular flexibility index (Phi) is 8.86. The number of hydrogen-bond donors (Lipinski definition) is 2. The molecule has 3 aromatic carbocycles. The molecule has 0 saturated heterocycles. The quantitative estimate of drug-likeness (QED) is 0.306. The highest BCUT2D eigenvalue weighted by atomic mass is 35.5. The third-order valence-corrected chi connectivity index (χ3v) is 5.44. The average molecular weight is 494 g/mol. The second-order valence-corrected chi connectivity index (χ2v) is 8.37. The average Bonchev–Trinajstić information content (AvgIpc) is 2.81. The smallest absolute Gasteiger partial charge is 0.271 e. The summed E-state index contributed by atoms with van der Waals surface area (Å²) >= 11 is 6.42. The van der Waals surface area contributed by atoms with E-state index < -0.39 is 0 Å². The Labute approximate surface area is 210 Å². The summed E-state index contributed by atoms with van der Waals surface area (Å²) in [7, 11) is 0. The van der Waals surface area contributed by atoms with Gasteiger partial charge in [-0.15, -0.1) is 0 Å². The molecule has 0 aromatic heterocycles. The standard InChI is InChI=1S/C27H28ClN3O4/c1-5-34-24-14-20(15-29-31-27(33)21-9-6-17(2)7-10-21)13-23(28)26(24)35-16-25(32)30-22-11-8-18(3)19(4)12-22/h6-15H,5,16H2,1-4H3,(H,30,32)(H,31,33)/b29-15+. The molecule has 182 valence electrons. The lowest BCUT2D eigenvalue weighted by Crippen LogP contribution is -2.20. The Hall–Kier alpha value is -3.84. The summed E-state index contributed by atoms with van der Waals surface area (Å²) in [5.41, 5.74) is 7.56. The normalized spacial score (nSPS) is 10.8. The fourth-order valence-electron chi connectivity index (χ4n) is 3.15. The van der Waals surface area contributed by atoms with Gasteiger partial charge in [0.15, 0.2) is 18.1 Å². The van der Waals surface area contributed by atoms with Gasteiger partial charge in [0.2, 0.25) is 0 Å². The molecule has 0 saturated carbocycles. The third kappa shape index (κ3) is 7.32. The Morgan fingerprint density at radius 3 is 2.40 bits per heavy atom. The molecule has 0 aliphatic heterocycles. The summed E-state index contributed by atoms with van der Waals surface area (Å²) in [5.74, 6) is -0.0294. The largest absolute Gasteiger partial charge is 0.490 e. The number of rotatable bonds is 9. The van der Waals surface area contributed by atoms with E-state index in [1.807, 2.05) is 58.0 Å². The summed E-state index contributed by atoms with van der Waals surface area (Å²) in [5, 5.41) is 7.06. The number of aryl methyl sites for hydroxylation is 3. The number of carbonyl (C=O) groups excluding carboxylic acids is 2. The van der Waals surface area contributed by atoms with Crippen LogP contribution in [0.4, 0.5) is 5.69 Å². The monoisotopic (exact) mass is 493 g/mol. The van der Waals surface area contributed by atoms with Crippen molar-refractivity contribution in [3.63, 3.8) is 0 Å². The Bertz CT molecular complexity index is 1240. The molecule has 3 aromatic rings. The van der Waals surface area contributed by atoms with Crippen LogP contribution in [0, 0.1) is 20.8 Å². The zero-order valence-electron chi connectivity index (χ0n) is 20.1. The zero-order valence-corrected chi connectivity index (χ0v) is 20.9. The molecule has 0 unspecified atom stereocenters. The molecule has 0 bridgehead atoms. The number of hydrazone groups is 1. The van der Waals surface area contributed by atoms with E-state index in [9.17, 15) is 9.59 Å². The first-order valence-corrected chi connectivity index (χ1v) is 11.5. The summed E-state index contributed by atoms with van der Waals surface area (Å²) in [6.45, 7) is 7.89. The van der Waals surface area contributed by atoms with E-state index in [1.54, 1.807) is 24.3 Å². The number of nitrogens with zero attached hydrogens (tertiary/aromatic N) is 1. The van der Waals surface area contributed by atoms with E-state index in [4.69, 9.17) is 21.1 Å². The lowest BCUT2D eigenvalue weighted by molar-refractivity contribution is -0.118. The number of ether oxygens (including phenoxy) is 2. The number of hydrogen-bond acceptors (Lipinski definition) is 5. The fraction of sp³-hybridized carbons (Fsp3) is 0.222. The van der Waals surface area contributed by atoms with Gasteiger partial charge in [-0.05, 0) is 80.8 Å². The summed E-state index contributed by atoms with van der Waals surface area (Å²) in [6.07, 6.45) is 1.46. The minimum absolute atomic E-state index is 0.243. The molecule has 0 aliphatic rings. The number of anilines is 1. The highest BCUT2D eigenvalue weighted by Crippen LogP contribution is 2.36.